The van der Waals surface area contributed by atoms with Crippen molar-refractivity contribution in [2.45, 2.75) is 19.4 Å². The minimum Gasteiger partial charge on any atom is -0.486 e. The summed E-state index contributed by atoms with van der Waals surface area (Å²) >= 11 is 0. The predicted molar refractivity (Wildman–Crippen MR) is 98.3 cm³/mol. The standard InChI is InChI=1S/C20H24N2O3/c1-3-15-8-4-5-9-17(15)21-20(23)13-22(2)12-16-14-24-18-10-6-7-11-19(18)25-16/h4-11,16H,3,12-14H2,1-2H3,(H,21,23). The fourth-order valence-corrected chi connectivity index (χ4v) is 2.95. The van der Waals surface area contributed by atoms with Crippen molar-refractivity contribution in [2.24, 2.45) is 0 Å². The molecule has 1 amide bonds. The van der Waals surface area contributed by atoms with Crippen molar-refractivity contribution < 1.29 is 14.3 Å². The number of hydrogen-bond acceptors (Lipinski definition) is 4. The van der Waals surface area contributed by atoms with Crippen LogP contribution in [0.1, 0.15) is 12.5 Å². The minimum absolute atomic E-state index is 0.0273. The van der Waals surface area contributed by atoms with Gasteiger partial charge in [-0.3, -0.25) is 9.69 Å². The lowest BCUT2D eigenvalue weighted by Gasteiger charge is -2.29. The van der Waals surface area contributed by atoms with Crippen molar-refractivity contribution in [1.29, 1.82) is 0 Å². The van der Waals surface area contributed by atoms with Crippen LogP contribution < -0.4 is 14.8 Å². The maximum atomic E-state index is 12.3. The maximum Gasteiger partial charge on any atom is 0.238 e. The van der Waals surface area contributed by atoms with E-state index in [4.69, 9.17) is 9.47 Å². The van der Waals surface area contributed by atoms with Gasteiger partial charge in [0.05, 0.1) is 6.54 Å². The Morgan fingerprint density at radius 1 is 1.16 bits per heavy atom. The normalized spacial score (nSPS) is 15.9. The van der Waals surface area contributed by atoms with Gasteiger partial charge in [0.15, 0.2) is 11.5 Å². The van der Waals surface area contributed by atoms with Crippen molar-refractivity contribution in [3.05, 3.63) is 54.1 Å². The van der Waals surface area contributed by atoms with Crippen LogP contribution in [0.5, 0.6) is 11.5 Å². The molecule has 3 rings (SSSR count). The molecule has 1 unspecified atom stereocenters. The summed E-state index contributed by atoms with van der Waals surface area (Å²) in [6, 6.07) is 15.5. The Morgan fingerprint density at radius 2 is 1.88 bits per heavy atom. The fraction of sp³-hybridized carbons (Fsp3) is 0.350. The second kappa shape index (κ2) is 8.03. The van der Waals surface area contributed by atoms with Crippen LogP contribution in [-0.2, 0) is 11.2 Å². The molecule has 1 heterocycles. The van der Waals surface area contributed by atoms with Crippen LogP contribution in [0.2, 0.25) is 0 Å². The summed E-state index contributed by atoms with van der Waals surface area (Å²) in [7, 11) is 1.91. The largest absolute Gasteiger partial charge is 0.486 e. The van der Waals surface area contributed by atoms with E-state index < -0.39 is 0 Å². The van der Waals surface area contributed by atoms with Gasteiger partial charge in [0.2, 0.25) is 5.91 Å². The number of nitrogens with one attached hydrogen (secondary N) is 1. The molecule has 1 atom stereocenters. The number of carbonyl (C=O) groups excluding carboxylic acids is 1. The summed E-state index contributed by atoms with van der Waals surface area (Å²) in [6.45, 7) is 3.49. The van der Waals surface area contributed by atoms with Gasteiger partial charge in [-0.1, -0.05) is 37.3 Å². The Bertz CT molecular complexity index is 732. The van der Waals surface area contributed by atoms with Crippen molar-refractivity contribution in [3.63, 3.8) is 0 Å². The predicted octanol–water partition coefficient (Wildman–Crippen LogP) is 2.96. The Kier molecular flexibility index (Phi) is 5.56. The summed E-state index contributed by atoms with van der Waals surface area (Å²) in [5.74, 6) is 1.50. The number of fused-ring (bicyclic) bond motifs is 1. The Hall–Kier alpha value is -2.53. The molecule has 0 spiro atoms. The summed E-state index contributed by atoms with van der Waals surface area (Å²) < 4.78 is 11.7. The van der Waals surface area contributed by atoms with Crippen LogP contribution in [0.3, 0.4) is 0 Å². The van der Waals surface area contributed by atoms with Crippen molar-refractivity contribution in [2.75, 3.05) is 32.1 Å². The van der Waals surface area contributed by atoms with Gasteiger partial charge in [0.25, 0.3) is 0 Å². The van der Waals surface area contributed by atoms with E-state index in [9.17, 15) is 4.79 Å². The Balaban J connectivity index is 1.51. The quantitative estimate of drug-likeness (QED) is 0.878. The SMILES string of the molecule is CCc1ccccc1NC(=O)CN(C)CC1COc2ccccc2O1. The van der Waals surface area contributed by atoms with Crippen LogP contribution in [0.15, 0.2) is 48.5 Å². The Morgan fingerprint density at radius 3 is 2.68 bits per heavy atom. The van der Waals surface area contributed by atoms with E-state index >= 15 is 0 Å². The zero-order valence-corrected chi connectivity index (χ0v) is 14.7. The highest BCUT2D eigenvalue weighted by atomic mass is 16.6. The molecule has 5 heteroatoms. The molecule has 25 heavy (non-hydrogen) atoms. The van der Waals surface area contributed by atoms with Crippen molar-refractivity contribution in [1.82, 2.24) is 4.90 Å². The van der Waals surface area contributed by atoms with Gasteiger partial charge in [0, 0.05) is 12.2 Å². The molecule has 0 saturated carbocycles. The molecule has 0 saturated heterocycles. The van der Waals surface area contributed by atoms with Crippen molar-refractivity contribution in [3.8, 4) is 11.5 Å². The molecule has 0 fully saturated rings. The molecular formula is C20H24N2O3. The molecule has 2 aromatic rings. The minimum atomic E-state index is -0.0874. The molecule has 2 aromatic carbocycles. The van der Waals surface area contributed by atoms with Gasteiger partial charge in [-0.25, -0.2) is 0 Å². The number of benzene rings is 2. The maximum absolute atomic E-state index is 12.3. The number of ether oxygens (including phenoxy) is 2. The van der Waals surface area contributed by atoms with Crippen LogP contribution in [0.4, 0.5) is 5.69 Å². The highest BCUT2D eigenvalue weighted by Crippen LogP contribution is 2.30. The number of amides is 1. The van der Waals surface area contributed by atoms with Gasteiger partial charge < -0.3 is 14.8 Å². The third-order valence-electron chi connectivity index (χ3n) is 4.17. The van der Waals surface area contributed by atoms with Crippen LogP contribution in [0.25, 0.3) is 0 Å². The van der Waals surface area contributed by atoms with E-state index in [1.165, 1.54) is 0 Å². The van der Waals surface area contributed by atoms with Gasteiger partial charge in [-0.2, -0.15) is 0 Å². The van der Waals surface area contributed by atoms with Crippen LogP contribution in [-0.4, -0.2) is 43.7 Å². The van der Waals surface area contributed by atoms with E-state index in [1.54, 1.807) is 0 Å². The number of nitrogens with zero attached hydrogens (tertiary/aromatic N) is 1. The van der Waals surface area contributed by atoms with Gasteiger partial charge in [-0.05, 0) is 37.2 Å². The lowest BCUT2D eigenvalue weighted by molar-refractivity contribution is -0.117. The van der Waals surface area contributed by atoms with E-state index in [1.807, 2.05) is 60.5 Å². The third kappa shape index (κ3) is 4.51. The van der Waals surface area contributed by atoms with Crippen LogP contribution in [0, 0.1) is 0 Å². The smallest absolute Gasteiger partial charge is 0.238 e. The van der Waals surface area contributed by atoms with E-state index in [0.29, 0.717) is 19.7 Å². The number of carbonyl (C=O) groups is 1. The number of aryl methyl sites for hydroxylation is 1. The lowest BCUT2D eigenvalue weighted by atomic mass is 10.1. The zero-order valence-electron chi connectivity index (χ0n) is 14.7. The first kappa shape index (κ1) is 17.3. The molecule has 0 radical (unpaired) electrons. The molecule has 1 N–H and O–H groups in total. The van der Waals surface area contributed by atoms with E-state index in [-0.39, 0.29) is 12.0 Å². The number of likely N-dealkylation sites (N-methyl/N-ethyl adjacent to an activating group) is 1. The first-order valence-corrected chi connectivity index (χ1v) is 8.60. The van der Waals surface area contributed by atoms with Crippen molar-refractivity contribution >= 4 is 11.6 Å². The summed E-state index contributed by atoms with van der Waals surface area (Å²) in [5.41, 5.74) is 2.02. The Labute approximate surface area is 148 Å². The van der Waals surface area contributed by atoms with Gasteiger partial charge in [-0.15, -0.1) is 0 Å². The highest BCUT2D eigenvalue weighted by molar-refractivity contribution is 5.92. The molecular weight excluding hydrogens is 316 g/mol. The summed E-state index contributed by atoms with van der Waals surface area (Å²) in [5, 5.41) is 2.99. The molecule has 0 bridgehead atoms. The average molecular weight is 340 g/mol. The molecule has 0 aliphatic carbocycles. The molecule has 1 aliphatic heterocycles. The van der Waals surface area contributed by atoms with Gasteiger partial charge in [0.1, 0.15) is 12.7 Å². The first-order chi connectivity index (χ1) is 12.2. The third-order valence-corrected chi connectivity index (χ3v) is 4.17. The number of rotatable bonds is 6. The number of para-hydroxylation sites is 3. The molecule has 0 aromatic heterocycles. The second-order valence-corrected chi connectivity index (χ2v) is 6.25. The topological polar surface area (TPSA) is 50.8 Å². The highest BCUT2D eigenvalue weighted by Gasteiger charge is 2.22. The van der Waals surface area contributed by atoms with E-state index in [0.717, 1.165) is 29.2 Å². The first-order valence-electron chi connectivity index (χ1n) is 8.60. The molecule has 5 nitrogen and oxygen atoms in total. The summed E-state index contributed by atoms with van der Waals surface area (Å²) in [4.78, 5) is 14.3. The lowest BCUT2D eigenvalue weighted by Crippen LogP contribution is -2.42. The van der Waals surface area contributed by atoms with Crippen LogP contribution >= 0.6 is 0 Å². The zero-order chi connectivity index (χ0) is 17.6. The average Bonchev–Trinajstić information content (AvgIpc) is 2.62. The number of hydrogen-bond donors (Lipinski definition) is 1. The number of anilines is 1. The molecule has 1 aliphatic rings. The molecule has 132 valence electrons. The van der Waals surface area contributed by atoms with Gasteiger partial charge >= 0.3 is 0 Å². The fourth-order valence-electron chi connectivity index (χ4n) is 2.95. The summed E-state index contributed by atoms with van der Waals surface area (Å²) in [6.07, 6.45) is 0.800. The van der Waals surface area contributed by atoms with E-state index in [2.05, 4.69) is 12.2 Å². The second-order valence-electron chi connectivity index (χ2n) is 6.25. The monoisotopic (exact) mass is 340 g/mol.